The molecule has 0 saturated heterocycles. The third-order valence-electron chi connectivity index (χ3n) is 4.07. The molecule has 100 valence electrons. The van der Waals surface area contributed by atoms with Gasteiger partial charge in [0.1, 0.15) is 5.82 Å². The van der Waals surface area contributed by atoms with Crippen LogP contribution in [0.3, 0.4) is 0 Å². The molecule has 1 aromatic carbocycles. The van der Waals surface area contributed by atoms with E-state index < -0.39 is 0 Å². The van der Waals surface area contributed by atoms with E-state index in [2.05, 4.69) is 5.43 Å². The fourth-order valence-electron chi connectivity index (χ4n) is 2.93. The third kappa shape index (κ3) is 2.05. The van der Waals surface area contributed by atoms with Gasteiger partial charge >= 0.3 is 0 Å². The summed E-state index contributed by atoms with van der Waals surface area (Å²) < 4.78 is 19.8. The van der Waals surface area contributed by atoms with Crippen molar-refractivity contribution in [2.24, 2.45) is 5.84 Å². The number of nitrogens with two attached hydrogens (primary N) is 1. The number of ether oxygens (including phenoxy) is 1. The van der Waals surface area contributed by atoms with Crippen molar-refractivity contribution in [2.45, 2.75) is 44.8 Å². The lowest BCUT2D eigenvalue weighted by atomic mass is 9.71. The number of methoxy groups -OCH3 is 1. The van der Waals surface area contributed by atoms with Crippen molar-refractivity contribution in [3.8, 4) is 0 Å². The topological polar surface area (TPSA) is 47.3 Å². The van der Waals surface area contributed by atoms with Gasteiger partial charge in [0.25, 0.3) is 0 Å². The predicted molar refractivity (Wildman–Crippen MR) is 69.5 cm³/mol. The van der Waals surface area contributed by atoms with Gasteiger partial charge in [0.2, 0.25) is 0 Å². The molecule has 1 fully saturated rings. The number of hydrazine groups is 1. The lowest BCUT2D eigenvalue weighted by Gasteiger charge is -2.46. The van der Waals surface area contributed by atoms with Gasteiger partial charge in [-0.15, -0.1) is 0 Å². The Labute approximate surface area is 107 Å². The minimum absolute atomic E-state index is 0.209. The molecule has 4 heteroatoms. The Morgan fingerprint density at radius 1 is 1.39 bits per heavy atom. The Morgan fingerprint density at radius 2 is 2.06 bits per heavy atom. The first-order chi connectivity index (χ1) is 8.54. The van der Waals surface area contributed by atoms with Crippen LogP contribution in [-0.4, -0.2) is 12.7 Å². The van der Waals surface area contributed by atoms with Crippen molar-refractivity contribution in [3.63, 3.8) is 0 Å². The van der Waals surface area contributed by atoms with E-state index in [0.29, 0.717) is 5.56 Å². The quantitative estimate of drug-likeness (QED) is 0.639. The van der Waals surface area contributed by atoms with Gasteiger partial charge in [-0.1, -0.05) is 6.07 Å². The minimum atomic E-state index is -0.365. The third-order valence-corrected chi connectivity index (χ3v) is 4.07. The molecule has 0 aromatic heterocycles. The highest BCUT2D eigenvalue weighted by Crippen LogP contribution is 2.45. The largest absolute Gasteiger partial charge is 0.376 e. The highest BCUT2D eigenvalue weighted by atomic mass is 19.1. The average molecular weight is 252 g/mol. The summed E-state index contributed by atoms with van der Waals surface area (Å²) in [6, 6.07) is 3.23. The number of aryl methyl sites for hydroxylation is 2. The van der Waals surface area contributed by atoms with Crippen LogP contribution < -0.4 is 11.3 Å². The summed E-state index contributed by atoms with van der Waals surface area (Å²) >= 11 is 0. The molecule has 3 N–H and O–H groups in total. The van der Waals surface area contributed by atoms with Crippen LogP contribution in [0.25, 0.3) is 0 Å². The molecular formula is C14H21FN2O. The molecule has 0 bridgehead atoms. The Kier molecular flexibility index (Phi) is 3.71. The van der Waals surface area contributed by atoms with E-state index >= 15 is 0 Å². The molecule has 1 unspecified atom stereocenters. The molecule has 3 nitrogen and oxygen atoms in total. The molecule has 0 spiro atoms. The van der Waals surface area contributed by atoms with Crippen molar-refractivity contribution in [2.75, 3.05) is 7.11 Å². The molecule has 0 heterocycles. The van der Waals surface area contributed by atoms with Gasteiger partial charge in [0, 0.05) is 12.7 Å². The maximum Gasteiger partial charge on any atom is 0.128 e. The highest BCUT2D eigenvalue weighted by molar-refractivity contribution is 5.36. The molecule has 1 aliphatic carbocycles. The standard InChI is InChI=1S/C14H21FN2O/c1-9-7-10(2)12(11(15)8-9)13(17-16)14(18-3)5-4-6-14/h7-8,13,17H,4-6,16H2,1-3H3. The van der Waals surface area contributed by atoms with Crippen LogP contribution >= 0.6 is 0 Å². The molecular weight excluding hydrogens is 231 g/mol. The summed E-state index contributed by atoms with van der Waals surface area (Å²) in [4.78, 5) is 0. The maximum atomic E-state index is 14.2. The number of hydrogen-bond acceptors (Lipinski definition) is 3. The second kappa shape index (κ2) is 4.96. The summed E-state index contributed by atoms with van der Waals surface area (Å²) in [5, 5.41) is 0. The molecule has 1 aromatic rings. The van der Waals surface area contributed by atoms with Crippen molar-refractivity contribution in [1.29, 1.82) is 0 Å². The van der Waals surface area contributed by atoms with Gasteiger partial charge in [0.15, 0.2) is 0 Å². The summed E-state index contributed by atoms with van der Waals surface area (Å²) in [5.74, 6) is 5.45. The Bertz CT molecular complexity index is 415. The van der Waals surface area contributed by atoms with Crippen LogP contribution in [0.15, 0.2) is 12.1 Å². The van der Waals surface area contributed by atoms with E-state index in [1.165, 1.54) is 0 Å². The van der Waals surface area contributed by atoms with E-state index in [1.54, 1.807) is 13.2 Å². The smallest absolute Gasteiger partial charge is 0.128 e. The fraction of sp³-hybridized carbons (Fsp3) is 0.571. The lowest BCUT2D eigenvalue weighted by molar-refractivity contribution is -0.101. The van der Waals surface area contributed by atoms with Crippen LogP contribution in [0.1, 0.15) is 42.0 Å². The molecule has 18 heavy (non-hydrogen) atoms. The zero-order valence-electron chi connectivity index (χ0n) is 11.2. The second-order valence-electron chi connectivity index (χ2n) is 5.20. The van der Waals surface area contributed by atoms with Crippen molar-refractivity contribution >= 4 is 0 Å². The molecule has 1 aliphatic rings. The van der Waals surface area contributed by atoms with Gasteiger partial charge in [-0.05, 0) is 50.3 Å². The van der Waals surface area contributed by atoms with Gasteiger partial charge in [0.05, 0.1) is 11.6 Å². The Balaban J connectivity index is 2.45. The van der Waals surface area contributed by atoms with Crippen molar-refractivity contribution < 1.29 is 9.13 Å². The van der Waals surface area contributed by atoms with Crippen LogP contribution in [0.4, 0.5) is 4.39 Å². The van der Waals surface area contributed by atoms with Gasteiger partial charge in [-0.2, -0.15) is 0 Å². The monoisotopic (exact) mass is 252 g/mol. The first-order valence-corrected chi connectivity index (χ1v) is 6.32. The van der Waals surface area contributed by atoms with Crippen LogP contribution in [0, 0.1) is 19.7 Å². The molecule has 1 saturated carbocycles. The van der Waals surface area contributed by atoms with Crippen LogP contribution in [0.5, 0.6) is 0 Å². The second-order valence-corrected chi connectivity index (χ2v) is 5.20. The summed E-state index contributed by atoms with van der Waals surface area (Å²) in [6.45, 7) is 3.80. The number of nitrogens with one attached hydrogen (secondary N) is 1. The summed E-state index contributed by atoms with van der Waals surface area (Å²) in [6.07, 6.45) is 2.91. The Hall–Kier alpha value is -0.970. The maximum absolute atomic E-state index is 14.2. The molecule has 0 amide bonds. The normalized spacial score (nSPS) is 19.4. The molecule has 1 atom stereocenters. The van der Waals surface area contributed by atoms with Gasteiger partial charge < -0.3 is 4.74 Å². The Morgan fingerprint density at radius 3 is 2.44 bits per heavy atom. The van der Waals surface area contributed by atoms with Crippen LogP contribution in [0.2, 0.25) is 0 Å². The average Bonchev–Trinajstić information content (AvgIpc) is 2.24. The SMILES string of the molecule is COC1(C(NN)c2c(C)cc(C)cc2F)CCC1. The minimum Gasteiger partial charge on any atom is -0.376 e. The van der Waals surface area contributed by atoms with Crippen LogP contribution in [-0.2, 0) is 4.74 Å². The predicted octanol–water partition coefficient (Wildman–Crippen LogP) is 2.52. The number of rotatable bonds is 4. The number of halogens is 1. The van der Waals surface area contributed by atoms with Gasteiger partial charge in [-0.25, -0.2) is 9.82 Å². The lowest BCUT2D eigenvalue weighted by Crippen LogP contribution is -2.53. The van der Waals surface area contributed by atoms with Gasteiger partial charge in [-0.3, -0.25) is 5.84 Å². The van der Waals surface area contributed by atoms with E-state index in [-0.39, 0.29) is 17.5 Å². The van der Waals surface area contributed by atoms with E-state index in [9.17, 15) is 4.39 Å². The zero-order chi connectivity index (χ0) is 13.3. The van der Waals surface area contributed by atoms with E-state index in [4.69, 9.17) is 10.6 Å². The van der Waals surface area contributed by atoms with E-state index in [0.717, 1.165) is 30.4 Å². The molecule has 0 radical (unpaired) electrons. The first kappa shape index (κ1) is 13.5. The first-order valence-electron chi connectivity index (χ1n) is 6.32. The number of benzene rings is 1. The number of hydrogen-bond donors (Lipinski definition) is 2. The fourth-order valence-corrected chi connectivity index (χ4v) is 2.93. The highest BCUT2D eigenvalue weighted by Gasteiger charge is 2.46. The van der Waals surface area contributed by atoms with Crippen molar-refractivity contribution in [3.05, 3.63) is 34.6 Å². The zero-order valence-corrected chi connectivity index (χ0v) is 11.2. The van der Waals surface area contributed by atoms with E-state index in [1.807, 2.05) is 19.9 Å². The summed E-state index contributed by atoms with van der Waals surface area (Å²) in [7, 11) is 1.67. The molecule has 0 aliphatic heterocycles. The molecule has 2 rings (SSSR count). The summed E-state index contributed by atoms with van der Waals surface area (Å²) in [5.41, 5.74) is 4.85. The van der Waals surface area contributed by atoms with Crippen molar-refractivity contribution in [1.82, 2.24) is 5.43 Å².